The number of hydrogen-bond acceptors (Lipinski definition) is 6. The zero-order valence-corrected chi connectivity index (χ0v) is 15.8. The molecule has 0 bridgehead atoms. The van der Waals surface area contributed by atoms with Gasteiger partial charge < -0.3 is 4.74 Å². The molecule has 1 fully saturated rings. The molecule has 0 radical (unpaired) electrons. The molecule has 6 heteroatoms. The zero-order chi connectivity index (χ0) is 18.8. The van der Waals surface area contributed by atoms with Crippen LogP contribution < -0.4 is 0 Å². The first-order valence-corrected chi connectivity index (χ1v) is 9.84. The number of ether oxygens (including phenoxy) is 1. The predicted molar refractivity (Wildman–Crippen MR) is 105 cm³/mol. The molecule has 2 aliphatic rings. The first kappa shape index (κ1) is 17.4. The van der Waals surface area contributed by atoms with Crippen LogP contribution in [-0.2, 0) is 23.3 Å². The average molecular weight is 373 g/mol. The summed E-state index contributed by atoms with van der Waals surface area (Å²) < 4.78 is 6.38. The van der Waals surface area contributed by atoms with E-state index in [2.05, 4.69) is 32.0 Å². The van der Waals surface area contributed by atoms with Crippen molar-refractivity contribution >= 4 is 0 Å². The molecule has 0 amide bonds. The quantitative estimate of drug-likeness (QED) is 0.703. The molecule has 0 saturated carbocycles. The Morgan fingerprint density at radius 3 is 2.57 bits per heavy atom. The van der Waals surface area contributed by atoms with E-state index in [1.807, 2.05) is 36.8 Å². The van der Waals surface area contributed by atoms with Crippen molar-refractivity contribution in [2.45, 2.75) is 31.4 Å². The number of rotatable bonds is 3. The van der Waals surface area contributed by atoms with Crippen molar-refractivity contribution in [1.29, 1.82) is 0 Å². The third kappa shape index (κ3) is 3.30. The van der Waals surface area contributed by atoms with Crippen molar-refractivity contribution in [2.24, 2.45) is 0 Å². The first-order valence-electron chi connectivity index (χ1n) is 9.84. The maximum absolute atomic E-state index is 6.38. The van der Waals surface area contributed by atoms with E-state index in [1.54, 1.807) is 6.33 Å². The topological polar surface area (TPSA) is 64.0 Å². The molecule has 2 aliphatic heterocycles. The molecule has 3 aromatic rings. The van der Waals surface area contributed by atoms with E-state index < -0.39 is 0 Å². The third-order valence-electron chi connectivity index (χ3n) is 5.76. The Morgan fingerprint density at radius 1 is 1.00 bits per heavy atom. The van der Waals surface area contributed by atoms with E-state index in [4.69, 9.17) is 9.72 Å². The fraction of sp³-hybridized carbons (Fsp3) is 0.364. The van der Waals surface area contributed by atoms with E-state index in [1.165, 1.54) is 5.56 Å². The van der Waals surface area contributed by atoms with Crippen LogP contribution in [0.5, 0.6) is 0 Å². The molecule has 5 rings (SSSR count). The van der Waals surface area contributed by atoms with Crippen LogP contribution in [0, 0.1) is 0 Å². The van der Waals surface area contributed by atoms with Crippen LogP contribution in [0.4, 0.5) is 0 Å². The highest BCUT2D eigenvalue weighted by Gasteiger charge is 2.42. The molecule has 0 atom stereocenters. The van der Waals surface area contributed by atoms with Crippen molar-refractivity contribution in [3.8, 4) is 11.4 Å². The Balaban J connectivity index is 1.39. The largest absolute Gasteiger partial charge is 0.368 e. The number of fused-ring (bicyclic) bond motifs is 2. The van der Waals surface area contributed by atoms with E-state index >= 15 is 0 Å². The predicted octanol–water partition coefficient (Wildman–Crippen LogP) is 3.00. The fourth-order valence-electron chi connectivity index (χ4n) is 4.26. The van der Waals surface area contributed by atoms with Crippen LogP contribution in [0.1, 0.15) is 29.7 Å². The molecule has 2 aromatic heterocycles. The lowest BCUT2D eigenvalue weighted by molar-refractivity contribution is -0.102. The van der Waals surface area contributed by atoms with Gasteiger partial charge in [0, 0.05) is 49.4 Å². The minimum atomic E-state index is -0.288. The molecule has 0 aliphatic carbocycles. The minimum Gasteiger partial charge on any atom is -0.368 e. The molecule has 4 heterocycles. The van der Waals surface area contributed by atoms with Gasteiger partial charge in [0.2, 0.25) is 0 Å². The number of benzene rings is 1. The van der Waals surface area contributed by atoms with Crippen molar-refractivity contribution in [2.75, 3.05) is 19.7 Å². The Bertz CT molecular complexity index is 940. The summed E-state index contributed by atoms with van der Waals surface area (Å²) in [7, 11) is 0. The van der Waals surface area contributed by atoms with Gasteiger partial charge in [-0.05, 0) is 24.8 Å². The van der Waals surface area contributed by atoms with Gasteiger partial charge in [0.15, 0.2) is 5.82 Å². The van der Waals surface area contributed by atoms with E-state index in [-0.39, 0.29) is 5.60 Å². The normalized spacial score (nSPS) is 18.7. The summed E-state index contributed by atoms with van der Waals surface area (Å²) in [6.45, 7) is 3.56. The third-order valence-corrected chi connectivity index (χ3v) is 5.76. The van der Waals surface area contributed by atoms with E-state index in [0.717, 1.165) is 68.1 Å². The number of piperidine rings is 1. The summed E-state index contributed by atoms with van der Waals surface area (Å²) in [5.41, 5.74) is 4.24. The lowest BCUT2D eigenvalue weighted by Crippen LogP contribution is -2.47. The Hall–Kier alpha value is -2.70. The average Bonchev–Trinajstić information content (AvgIpc) is 2.77. The van der Waals surface area contributed by atoms with Gasteiger partial charge in [0.1, 0.15) is 11.9 Å². The monoisotopic (exact) mass is 373 g/mol. The summed E-state index contributed by atoms with van der Waals surface area (Å²) in [5.74, 6) is 0.785. The van der Waals surface area contributed by atoms with Crippen LogP contribution in [0.3, 0.4) is 0 Å². The fourth-order valence-corrected chi connectivity index (χ4v) is 4.26. The summed E-state index contributed by atoms with van der Waals surface area (Å²) >= 11 is 0. The molecule has 0 N–H and O–H groups in total. The van der Waals surface area contributed by atoms with Crippen molar-refractivity contribution in [1.82, 2.24) is 24.8 Å². The number of hydrogen-bond donors (Lipinski definition) is 0. The molecule has 28 heavy (non-hydrogen) atoms. The van der Waals surface area contributed by atoms with Gasteiger partial charge in [0.25, 0.3) is 0 Å². The highest BCUT2D eigenvalue weighted by molar-refractivity contribution is 5.55. The molecule has 1 spiro atoms. The van der Waals surface area contributed by atoms with Crippen LogP contribution in [-0.4, -0.2) is 44.5 Å². The van der Waals surface area contributed by atoms with Gasteiger partial charge in [-0.15, -0.1) is 0 Å². The number of aromatic nitrogens is 4. The Morgan fingerprint density at radius 2 is 1.79 bits per heavy atom. The standard InChI is InChI=1S/C22H23N5O/c1-2-4-18(5-3-1)21-25-14-19-6-11-28-22(20(19)26-21)7-9-27(10-8-22)15-17-12-23-16-24-13-17/h1-5,12-14,16H,6-11,15H2. The highest BCUT2D eigenvalue weighted by atomic mass is 16.5. The van der Waals surface area contributed by atoms with Gasteiger partial charge in [0.05, 0.1) is 12.3 Å². The van der Waals surface area contributed by atoms with Crippen LogP contribution in [0.25, 0.3) is 11.4 Å². The molecular formula is C22H23N5O. The first-order chi connectivity index (χ1) is 13.8. The van der Waals surface area contributed by atoms with Crippen LogP contribution >= 0.6 is 0 Å². The molecule has 142 valence electrons. The van der Waals surface area contributed by atoms with Gasteiger partial charge in [-0.2, -0.15) is 0 Å². The maximum Gasteiger partial charge on any atom is 0.159 e. The summed E-state index contributed by atoms with van der Waals surface area (Å²) in [5, 5.41) is 0. The van der Waals surface area contributed by atoms with Gasteiger partial charge in [-0.25, -0.2) is 19.9 Å². The van der Waals surface area contributed by atoms with Gasteiger partial charge in [-0.1, -0.05) is 30.3 Å². The molecule has 6 nitrogen and oxygen atoms in total. The zero-order valence-electron chi connectivity index (χ0n) is 15.8. The molecule has 1 saturated heterocycles. The summed E-state index contributed by atoms with van der Waals surface area (Å²) in [6, 6.07) is 10.2. The molecule has 1 aromatic carbocycles. The van der Waals surface area contributed by atoms with E-state index in [9.17, 15) is 0 Å². The van der Waals surface area contributed by atoms with Crippen LogP contribution in [0.15, 0.2) is 55.2 Å². The van der Waals surface area contributed by atoms with Crippen molar-refractivity contribution in [3.63, 3.8) is 0 Å². The Kier molecular flexibility index (Phi) is 4.58. The second-order valence-corrected chi connectivity index (χ2v) is 7.55. The molecule has 0 unspecified atom stereocenters. The van der Waals surface area contributed by atoms with Gasteiger partial charge >= 0.3 is 0 Å². The maximum atomic E-state index is 6.38. The second-order valence-electron chi connectivity index (χ2n) is 7.55. The van der Waals surface area contributed by atoms with Gasteiger partial charge in [-0.3, -0.25) is 4.90 Å². The smallest absolute Gasteiger partial charge is 0.159 e. The lowest BCUT2D eigenvalue weighted by Gasteiger charge is -2.44. The van der Waals surface area contributed by atoms with Crippen molar-refractivity contribution in [3.05, 3.63) is 72.1 Å². The highest BCUT2D eigenvalue weighted by Crippen LogP contribution is 2.41. The number of likely N-dealkylation sites (tertiary alicyclic amines) is 1. The SMILES string of the molecule is c1ccc(-c2ncc3c(n2)C2(CCN(Cc4cncnc4)CC2)OCC3)cc1. The Labute approximate surface area is 164 Å². The number of nitrogens with zero attached hydrogens (tertiary/aromatic N) is 5. The lowest BCUT2D eigenvalue weighted by atomic mass is 9.83. The van der Waals surface area contributed by atoms with Crippen molar-refractivity contribution < 1.29 is 4.74 Å². The minimum absolute atomic E-state index is 0.288. The van der Waals surface area contributed by atoms with E-state index in [0.29, 0.717) is 0 Å². The second kappa shape index (κ2) is 7.37. The summed E-state index contributed by atoms with van der Waals surface area (Å²) in [6.07, 6.45) is 10.1. The van der Waals surface area contributed by atoms with Crippen LogP contribution in [0.2, 0.25) is 0 Å². The summed E-state index contributed by atoms with van der Waals surface area (Å²) in [4.78, 5) is 20.3. The molecular weight excluding hydrogens is 350 g/mol.